The van der Waals surface area contributed by atoms with Gasteiger partial charge in [0.25, 0.3) is 0 Å². The Morgan fingerprint density at radius 2 is 1.92 bits per heavy atom. The summed E-state index contributed by atoms with van der Waals surface area (Å²) in [6.45, 7) is 0.221. The molecular formula is C18H14Cl2FN3O2. The lowest BCUT2D eigenvalue weighted by atomic mass is 10.1. The second-order valence-electron chi connectivity index (χ2n) is 5.79. The molecule has 1 fully saturated rings. The highest BCUT2D eigenvalue weighted by atomic mass is 35.5. The summed E-state index contributed by atoms with van der Waals surface area (Å²) < 4.78 is 13.0. The number of hydrazone groups is 1. The molecule has 5 nitrogen and oxygen atoms in total. The van der Waals surface area contributed by atoms with Crippen LogP contribution in [0.2, 0.25) is 10.0 Å². The van der Waals surface area contributed by atoms with Crippen LogP contribution in [0.4, 0.5) is 10.1 Å². The molecule has 1 aliphatic heterocycles. The molecule has 3 rings (SSSR count). The van der Waals surface area contributed by atoms with Crippen molar-refractivity contribution in [3.05, 3.63) is 63.9 Å². The Kier molecular flexibility index (Phi) is 5.54. The first-order chi connectivity index (χ1) is 12.4. The highest BCUT2D eigenvalue weighted by Crippen LogP contribution is 2.25. The van der Waals surface area contributed by atoms with Gasteiger partial charge in [0.05, 0.1) is 22.2 Å². The summed E-state index contributed by atoms with van der Waals surface area (Å²) in [6.07, 6.45) is 1.51. The van der Waals surface area contributed by atoms with Crippen molar-refractivity contribution in [3.8, 4) is 0 Å². The summed E-state index contributed by atoms with van der Waals surface area (Å²) in [4.78, 5) is 25.8. The zero-order valence-electron chi connectivity index (χ0n) is 13.5. The van der Waals surface area contributed by atoms with Crippen LogP contribution in [0.3, 0.4) is 0 Å². The highest BCUT2D eigenvalue weighted by Gasteiger charge is 2.35. The van der Waals surface area contributed by atoms with Gasteiger partial charge in [-0.1, -0.05) is 29.3 Å². The number of halogens is 3. The van der Waals surface area contributed by atoms with E-state index in [1.807, 2.05) is 0 Å². The van der Waals surface area contributed by atoms with Gasteiger partial charge >= 0.3 is 0 Å². The fourth-order valence-corrected chi connectivity index (χ4v) is 2.91. The number of amides is 2. The van der Waals surface area contributed by atoms with Crippen LogP contribution in [-0.2, 0) is 9.59 Å². The minimum atomic E-state index is -0.529. The van der Waals surface area contributed by atoms with E-state index in [4.69, 9.17) is 23.2 Å². The molecule has 26 heavy (non-hydrogen) atoms. The van der Waals surface area contributed by atoms with Crippen LogP contribution in [0.15, 0.2) is 47.6 Å². The van der Waals surface area contributed by atoms with Crippen LogP contribution >= 0.6 is 23.2 Å². The van der Waals surface area contributed by atoms with E-state index in [-0.39, 0.29) is 30.6 Å². The molecule has 0 radical (unpaired) electrons. The van der Waals surface area contributed by atoms with Crippen molar-refractivity contribution >= 4 is 46.9 Å². The predicted octanol–water partition coefficient (Wildman–Crippen LogP) is 3.64. The second kappa shape index (κ2) is 7.85. The van der Waals surface area contributed by atoms with Gasteiger partial charge in [-0.3, -0.25) is 9.59 Å². The van der Waals surface area contributed by atoms with Gasteiger partial charge < -0.3 is 4.90 Å². The lowest BCUT2D eigenvalue weighted by molar-refractivity contribution is -0.126. The number of hydrogen-bond donors (Lipinski definition) is 1. The van der Waals surface area contributed by atoms with Crippen LogP contribution in [0, 0.1) is 11.7 Å². The molecule has 0 aliphatic carbocycles. The standard InChI is InChI=1S/C18H14Cl2FN3O2/c19-15-6-1-11(7-16(15)20)9-22-23-18(26)12-8-17(25)24(10-12)14-4-2-13(21)3-5-14/h1-7,9,12H,8,10H2,(H,23,26)/b22-9-/t12-/m0/s1. The second-order valence-corrected chi connectivity index (χ2v) is 6.60. The normalized spacial score (nSPS) is 17.1. The van der Waals surface area contributed by atoms with Gasteiger partial charge in [0, 0.05) is 18.7 Å². The maximum atomic E-state index is 13.0. The molecule has 0 bridgehead atoms. The Balaban J connectivity index is 1.60. The third-order valence-corrected chi connectivity index (χ3v) is 4.71. The average Bonchev–Trinajstić information content (AvgIpc) is 3.00. The summed E-state index contributed by atoms with van der Waals surface area (Å²) in [6, 6.07) is 10.5. The van der Waals surface area contributed by atoms with Gasteiger partial charge in [0.1, 0.15) is 5.82 Å². The van der Waals surface area contributed by atoms with Crippen molar-refractivity contribution in [2.75, 3.05) is 11.4 Å². The first kappa shape index (κ1) is 18.4. The number of nitrogens with one attached hydrogen (secondary N) is 1. The lowest BCUT2D eigenvalue weighted by Crippen LogP contribution is -2.30. The van der Waals surface area contributed by atoms with E-state index in [1.54, 1.807) is 18.2 Å². The van der Waals surface area contributed by atoms with E-state index in [1.165, 1.54) is 35.4 Å². The number of benzene rings is 2. The molecule has 2 aromatic rings. The lowest BCUT2D eigenvalue weighted by Gasteiger charge is -2.16. The molecule has 0 saturated carbocycles. The Bertz CT molecular complexity index is 871. The fraction of sp³-hybridized carbons (Fsp3) is 0.167. The molecule has 8 heteroatoms. The van der Waals surface area contributed by atoms with Gasteiger partial charge in [0.15, 0.2) is 0 Å². The van der Waals surface area contributed by atoms with Gasteiger partial charge in [-0.25, -0.2) is 9.82 Å². The van der Waals surface area contributed by atoms with Crippen LogP contribution in [0.25, 0.3) is 0 Å². The predicted molar refractivity (Wildman–Crippen MR) is 99.1 cm³/mol. The fourth-order valence-electron chi connectivity index (χ4n) is 2.61. The molecule has 1 atom stereocenters. The minimum absolute atomic E-state index is 0.0749. The Labute approximate surface area is 159 Å². The monoisotopic (exact) mass is 393 g/mol. The Hall–Kier alpha value is -2.44. The first-order valence-corrected chi connectivity index (χ1v) is 8.53. The number of hydrogen-bond acceptors (Lipinski definition) is 3. The number of carbonyl (C=O) groups excluding carboxylic acids is 2. The zero-order chi connectivity index (χ0) is 18.7. The molecule has 1 N–H and O–H groups in total. The number of nitrogens with zero attached hydrogens (tertiary/aromatic N) is 2. The average molecular weight is 394 g/mol. The summed E-state index contributed by atoms with van der Waals surface area (Å²) >= 11 is 11.7. The quantitative estimate of drug-likeness (QED) is 0.636. The van der Waals surface area contributed by atoms with Crippen molar-refractivity contribution in [1.29, 1.82) is 0 Å². The molecule has 2 amide bonds. The largest absolute Gasteiger partial charge is 0.312 e. The smallest absolute Gasteiger partial charge is 0.245 e. The molecular weight excluding hydrogens is 380 g/mol. The maximum Gasteiger partial charge on any atom is 0.245 e. The maximum absolute atomic E-state index is 13.0. The number of carbonyl (C=O) groups is 2. The summed E-state index contributed by atoms with van der Waals surface area (Å²) in [5.74, 6) is -1.46. The molecule has 0 unspecified atom stereocenters. The third-order valence-electron chi connectivity index (χ3n) is 3.97. The summed E-state index contributed by atoms with van der Waals surface area (Å²) in [5, 5.41) is 4.70. The van der Waals surface area contributed by atoms with E-state index < -0.39 is 5.92 Å². The van der Waals surface area contributed by atoms with E-state index in [9.17, 15) is 14.0 Å². The molecule has 0 spiro atoms. The first-order valence-electron chi connectivity index (χ1n) is 7.78. The Morgan fingerprint density at radius 3 is 2.62 bits per heavy atom. The van der Waals surface area contributed by atoms with Gasteiger partial charge in [-0.05, 0) is 42.0 Å². The molecule has 1 heterocycles. The van der Waals surface area contributed by atoms with Crippen molar-refractivity contribution < 1.29 is 14.0 Å². The Morgan fingerprint density at radius 1 is 1.19 bits per heavy atom. The van der Waals surface area contributed by atoms with E-state index in [0.29, 0.717) is 21.3 Å². The van der Waals surface area contributed by atoms with Gasteiger partial charge in [-0.15, -0.1) is 0 Å². The van der Waals surface area contributed by atoms with Crippen LogP contribution in [0.1, 0.15) is 12.0 Å². The van der Waals surface area contributed by atoms with E-state index in [2.05, 4.69) is 10.5 Å². The summed E-state index contributed by atoms with van der Waals surface area (Å²) in [7, 11) is 0. The van der Waals surface area contributed by atoms with Gasteiger partial charge in [-0.2, -0.15) is 5.10 Å². The van der Waals surface area contributed by atoms with Crippen molar-refractivity contribution in [1.82, 2.24) is 5.43 Å². The number of rotatable bonds is 4. The molecule has 1 aliphatic rings. The summed E-state index contributed by atoms with van der Waals surface area (Å²) in [5.41, 5.74) is 3.66. The van der Waals surface area contributed by atoms with E-state index >= 15 is 0 Å². The van der Waals surface area contributed by atoms with Crippen LogP contribution < -0.4 is 10.3 Å². The number of anilines is 1. The van der Waals surface area contributed by atoms with Crippen LogP contribution in [-0.4, -0.2) is 24.6 Å². The molecule has 2 aromatic carbocycles. The van der Waals surface area contributed by atoms with Crippen LogP contribution in [0.5, 0.6) is 0 Å². The van der Waals surface area contributed by atoms with Crippen molar-refractivity contribution in [2.24, 2.45) is 11.0 Å². The highest BCUT2D eigenvalue weighted by molar-refractivity contribution is 6.42. The molecule has 1 saturated heterocycles. The molecule has 0 aromatic heterocycles. The van der Waals surface area contributed by atoms with Gasteiger partial charge in [0.2, 0.25) is 11.8 Å². The molecule has 134 valence electrons. The van der Waals surface area contributed by atoms with E-state index in [0.717, 1.165) is 0 Å². The topological polar surface area (TPSA) is 61.8 Å². The third kappa shape index (κ3) is 4.20. The van der Waals surface area contributed by atoms with Crippen molar-refractivity contribution in [3.63, 3.8) is 0 Å². The zero-order valence-corrected chi connectivity index (χ0v) is 15.0. The minimum Gasteiger partial charge on any atom is -0.312 e. The van der Waals surface area contributed by atoms with Crippen molar-refractivity contribution in [2.45, 2.75) is 6.42 Å². The SMILES string of the molecule is O=C(N/N=C\c1ccc(Cl)c(Cl)c1)[C@H]1CC(=O)N(c2ccc(F)cc2)C1.